The lowest BCUT2D eigenvalue weighted by Gasteiger charge is -2.12. The van der Waals surface area contributed by atoms with Crippen LogP contribution in [0.15, 0.2) is 35.5 Å². The van der Waals surface area contributed by atoms with Crippen LogP contribution in [-0.4, -0.2) is 29.7 Å². The number of rotatable bonds is 5. The molecule has 1 aromatic carbocycles. The van der Waals surface area contributed by atoms with E-state index < -0.39 is 15.8 Å². The lowest BCUT2D eigenvalue weighted by Crippen LogP contribution is -2.28. The normalized spacial score (nSPS) is 13.3. The van der Waals surface area contributed by atoms with Crippen LogP contribution >= 0.6 is 0 Å². The van der Waals surface area contributed by atoms with Crippen LogP contribution < -0.4 is 4.72 Å². The minimum Gasteiger partial charge on any atom is -0.320 e. The molecule has 8 heteroatoms. The van der Waals surface area contributed by atoms with E-state index in [4.69, 9.17) is 0 Å². The summed E-state index contributed by atoms with van der Waals surface area (Å²) in [5, 5.41) is 7.68. The SMILES string of the molecule is CC(CNS(=O)(=O)c1ccc(F)cc1)c1nncn1C. The first-order chi connectivity index (χ1) is 9.40. The maximum absolute atomic E-state index is 12.8. The molecule has 2 rings (SSSR count). The highest BCUT2D eigenvalue weighted by molar-refractivity contribution is 7.89. The number of sulfonamides is 1. The van der Waals surface area contributed by atoms with Gasteiger partial charge < -0.3 is 4.57 Å². The van der Waals surface area contributed by atoms with E-state index in [2.05, 4.69) is 14.9 Å². The molecule has 1 unspecified atom stereocenters. The second-order valence-electron chi connectivity index (χ2n) is 4.51. The lowest BCUT2D eigenvalue weighted by molar-refractivity contribution is 0.567. The molecule has 1 aromatic heterocycles. The second kappa shape index (κ2) is 5.68. The zero-order valence-electron chi connectivity index (χ0n) is 11.1. The van der Waals surface area contributed by atoms with Crippen molar-refractivity contribution in [3.8, 4) is 0 Å². The first kappa shape index (κ1) is 14.6. The number of halogens is 1. The minimum absolute atomic E-state index is 0.0315. The van der Waals surface area contributed by atoms with Crippen LogP contribution in [0.1, 0.15) is 18.7 Å². The Bertz CT molecular complexity index is 682. The summed E-state index contributed by atoms with van der Waals surface area (Å²) < 4.78 is 41.0. The molecule has 0 radical (unpaired) electrons. The van der Waals surface area contributed by atoms with Gasteiger partial charge in [-0.05, 0) is 24.3 Å². The van der Waals surface area contributed by atoms with Crippen molar-refractivity contribution in [2.45, 2.75) is 17.7 Å². The van der Waals surface area contributed by atoms with E-state index in [9.17, 15) is 12.8 Å². The number of benzene rings is 1. The van der Waals surface area contributed by atoms with E-state index in [1.54, 1.807) is 17.9 Å². The number of aromatic nitrogens is 3. The van der Waals surface area contributed by atoms with Gasteiger partial charge in [-0.1, -0.05) is 6.92 Å². The summed E-state index contributed by atoms with van der Waals surface area (Å²) in [6.45, 7) is 2.03. The highest BCUT2D eigenvalue weighted by atomic mass is 32.2. The molecule has 1 heterocycles. The zero-order chi connectivity index (χ0) is 14.8. The summed E-state index contributed by atoms with van der Waals surface area (Å²) in [4.78, 5) is 0.0315. The molecular formula is C12H15FN4O2S. The fraction of sp³-hybridized carbons (Fsp3) is 0.333. The second-order valence-corrected chi connectivity index (χ2v) is 6.27. The molecule has 1 N–H and O–H groups in total. The van der Waals surface area contributed by atoms with E-state index in [0.29, 0.717) is 5.82 Å². The molecule has 1 atom stereocenters. The summed E-state index contributed by atoms with van der Waals surface area (Å²) in [6.07, 6.45) is 1.56. The van der Waals surface area contributed by atoms with Crippen LogP contribution in [0.2, 0.25) is 0 Å². The summed E-state index contributed by atoms with van der Waals surface area (Å²) in [5.41, 5.74) is 0. The third kappa shape index (κ3) is 3.20. The Hall–Kier alpha value is -1.80. The van der Waals surface area contributed by atoms with Gasteiger partial charge in [0.2, 0.25) is 10.0 Å². The third-order valence-corrected chi connectivity index (χ3v) is 4.33. The van der Waals surface area contributed by atoms with E-state index >= 15 is 0 Å². The van der Waals surface area contributed by atoms with Crippen molar-refractivity contribution in [3.05, 3.63) is 42.2 Å². The van der Waals surface area contributed by atoms with E-state index in [1.165, 1.54) is 12.1 Å². The molecule has 2 aromatic rings. The highest BCUT2D eigenvalue weighted by Crippen LogP contribution is 2.13. The third-order valence-electron chi connectivity index (χ3n) is 2.89. The monoisotopic (exact) mass is 298 g/mol. The van der Waals surface area contributed by atoms with Gasteiger partial charge in [0.05, 0.1) is 4.90 Å². The number of hydrogen-bond donors (Lipinski definition) is 1. The quantitative estimate of drug-likeness (QED) is 0.894. The molecule has 0 amide bonds. The van der Waals surface area contributed by atoms with Crippen molar-refractivity contribution < 1.29 is 12.8 Å². The number of nitrogens with one attached hydrogen (secondary N) is 1. The Morgan fingerprint density at radius 1 is 1.35 bits per heavy atom. The minimum atomic E-state index is -3.65. The lowest BCUT2D eigenvalue weighted by atomic mass is 10.2. The average molecular weight is 298 g/mol. The first-order valence-corrected chi connectivity index (χ1v) is 7.47. The number of hydrogen-bond acceptors (Lipinski definition) is 4. The molecule has 6 nitrogen and oxygen atoms in total. The Balaban J connectivity index is 2.06. The first-order valence-electron chi connectivity index (χ1n) is 5.99. The summed E-state index contributed by atoms with van der Waals surface area (Å²) in [5.74, 6) is 0.0842. The molecule has 108 valence electrons. The molecule has 0 fully saturated rings. The number of nitrogens with zero attached hydrogens (tertiary/aromatic N) is 3. The molecule has 0 aliphatic rings. The van der Waals surface area contributed by atoms with Gasteiger partial charge in [-0.25, -0.2) is 17.5 Å². The largest absolute Gasteiger partial charge is 0.320 e. The van der Waals surface area contributed by atoms with Gasteiger partial charge >= 0.3 is 0 Å². The van der Waals surface area contributed by atoms with Gasteiger partial charge in [0.1, 0.15) is 18.0 Å². The van der Waals surface area contributed by atoms with E-state index in [-0.39, 0.29) is 17.4 Å². The van der Waals surface area contributed by atoms with Crippen molar-refractivity contribution >= 4 is 10.0 Å². The Kier molecular flexibility index (Phi) is 4.15. The fourth-order valence-electron chi connectivity index (χ4n) is 1.76. The number of aryl methyl sites for hydroxylation is 1. The van der Waals surface area contributed by atoms with E-state index in [0.717, 1.165) is 12.1 Å². The topological polar surface area (TPSA) is 76.9 Å². The molecular weight excluding hydrogens is 283 g/mol. The van der Waals surface area contributed by atoms with Gasteiger partial charge in [-0.15, -0.1) is 10.2 Å². The van der Waals surface area contributed by atoms with Crippen molar-refractivity contribution in [1.82, 2.24) is 19.5 Å². The molecule has 0 bridgehead atoms. The molecule has 0 spiro atoms. The van der Waals surface area contributed by atoms with Crippen LogP contribution in [0.3, 0.4) is 0 Å². The molecule has 0 aliphatic carbocycles. The highest BCUT2D eigenvalue weighted by Gasteiger charge is 2.18. The fourth-order valence-corrected chi connectivity index (χ4v) is 2.89. The molecule has 0 aliphatic heterocycles. The average Bonchev–Trinajstić information content (AvgIpc) is 2.83. The Morgan fingerprint density at radius 2 is 2.00 bits per heavy atom. The van der Waals surface area contributed by atoms with Crippen molar-refractivity contribution in [2.75, 3.05) is 6.54 Å². The van der Waals surface area contributed by atoms with Crippen LogP contribution in [-0.2, 0) is 17.1 Å². The predicted molar refractivity (Wildman–Crippen MR) is 71.0 cm³/mol. The van der Waals surface area contributed by atoms with Crippen molar-refractivity contribution in [2.24, 2.45) is 7.05 Å². The summed E-state index contributed by atoms with van der Waals surface area (Å²) in [7, 11) is -1.86. The standard InChI is InChI=1S/C12H15FN4O2S/c1-9(12-16-14-8-17(12)2)7-15-20(18,19)11-5-3-10(13)4-6-11/h3-6,8-9,15H,7H2,1-2H3. The Labute approximate surface area is 116 Å². The van der Waals surface area contributed by atoms with Gasteiger partial charge in [0.25, 0.3) is 0 Å². The van der Waals surface area contributed by atoms with Gasteiger partial charge in [-0.3, -0.25) is 0 Å². The molecule has 0 saturated carbocycles. The zero-order valence-corrected chi connectivity index (χ0v) is 11.9. The Morgan fingerprint density at radius 3 is 2.55 bits per heavy atom. The molecule has 20 heavy (non-hydrogen) atoms. The van der Waals surface area contributed by atoms with Crippen LogP contribution in [0, 0.1) is 5.82 Å². The van der Waals surface area contributed by atoms with Crippen molar-refractivity contribution in [3.63, 3.8) is 0 Å². The molecule has 0 saturated heterocycles. The van der Waals surface area contributed by atoms with Crippen LogP contribution in [0.25, 0.3) is 0 Å². The van der Waals surface area contributed by atoms with Crippen LogP contribution in [0.5, 0.6) is 0 Å². The van der Waals surface area contributed by atoms with Crippen molar-refractivity contribution in [1.29, 1.82) is 0 Å². The summed E-state index contributed by atoms with van der Waals surface area (Å²) in [6, 6.07) is 4.68. The van der Waals surface area contributed by atoms with Gasteiger partial charge in [0.15, 0.2) is 0 Å². The van der Waals surface area contributed by atoms with E-state index in [1.807, 2.05) is 6.92 Å². The maximum Gasteiger partial charge on any atom is 0.240 e. The van der Waals surface area contributed by atoms with Gasteiger partial charge in [0, 0.05) is 19.5 Å². The predicted octanol–water partition coefficient (Wildman–Crippen LogP) is 1.04. The smallest absolute Gasteiger partial charge is 0.240 e. The summed E-state index contributed by atoms with van der Waals surface area (Å²) >= 11 is 0. The maximum atomic E-state index is 12.8. The van der Waals surface area contributed by atoms with Crippen LogP contribution in [0.4, 0.5) is 4.39 Å². The van der Waals surface area contributed by atoms with Gasteiger partial charge in [-0.2, -0.15) is 0 Å².